The van der Waals surface area contributed by atoms with E-state index in [-0.39, 0.29) is 6.61 Å². The third-order valence-corrected chi connectivity index (χ3v) is 3.37. The maximum absolute atomic E-state index is 9.93. The fourth-order valence-corrected chi connectivity index (χ4v) is 2.44. The Morgan fingerprint density at radius 2 is 2.00 bits per heavy atom. The molecule has 76 valence electrons. The molecule has 2 N–H and O–H groups in total. The minimum Gasteiger partial charge on any atom is -0.395 e. The molecule has 0 spiro atoms. The highest BCUT2D eigenvalue weighted by Crippen LogP contribution is 2.40. The second-order valence-corrected chi connectivity index (χ2v) is 4.09. The summed E-state index contributed by atoms with van der Waals surface area (Å²) in [4.78, 5) is 0. The van der Waals surface area contributed by atoms with Crippen molar-refractivity contribution in [3.8, 4) is 0 Å². The Morgan fingerprint density at radius 1 is 1.29 bits per heavy atom. The largest absolute Gasteiger partial charge is 0.395 e. The molecule has 0 heterocycles. The molecule has 1 aromatic rings. The van der Waals surface area contributed by atoms with Crippen LogP contribution < -0.4 is 0 Å². The molecule has 0 amide bonds. The van der Waals surface area contributed by atoms with Crippen LogP contribution in [0, 0.1) is 0 Å². The van der Waals surface area contributed by atoms with Crippen LogP contribution in [-0.4, -0.2) is 22.9 Å². The van der Waals surface area contributed by atoms with E-state index in [1.54, 1.807) is 0 Å². The number of hydrogen-bond donors (Lipinski definition) is 2. The molecule has 0 aliphatic heterocycles. The van der Waals surface area contributed by atoms with Gasteiger partial charge in [0.1, 0.15) is 0 Å². The maximum Gasteiger partial charge on any atom is 0.0658 e. The Morgan fingerprint density at radius 3 is 2.50 bits per heavy atom. The summed E-state index contributed by atoms with van der Waals surface area (Å²) in [6, 6.07) is 9.85. The first-order chi connectivity index (χ1) is 6.79. The van der Waals surface area contributed by atoms with E-state index in [1.165, 1.54) is 0 Å². The molecule has 1 saturated carbocycles. The number of aliphatic hydroxyl groups is 2. The van der Waals surface area contributed by atoms with Gasteiger partial charge in [0.05, 0.1) is 12.7 Å². The topological polar surface area (TPSA) is 40.5 Å². The van der Waals surface area contributed by atoms with Crippen molar-refractivity contribution in [1.82, 2.24) is 0 Å². The van der Waals surface area contributed by atoms with E-state index < -0.39 is 11.5 Å². The molecule has 0 saturated heterocycles. The Balaban J connectivity index is 2.38. The summed E-state index contributed by atoms with van der Waals surface area (Å²) in [6.45, 7) is 0.0399. The van der Waals surface area contributed by atoms with Gasteiger partial charge in [-0.2, -0.15) is 0 Å². The van der Waals surface area contributed by atoms with Gasteiger partial charge >= 0.3 is 0 Å². The minimum absolute atomic E-state index is 0.0399. The molecule has 0 aromatic heterocycles. The van der Waals surface area contributed by atoms with Crippen LogP contribution in [0.3, 0.4) is 0 Å². The van der Waals surface area contributed by atoms with Gasteiger partial charge in [0.25, 0.3) is 0 Å². The first-order valence-corrected chi connectivity index (χ1v) is 5.14. The predicted octanol–water partition coefficient (Wildman–Crippen LogP) is 1.46. The Hall–Kier alpha value is -0.860. The quantitative estimate of drug-likeness (QED) is 0.744. The molecule has 1 fully saturated rings. The van der Waals surface area contributed by atoms with Gasteiger partial charge in [-0.05, 0) is 24.8 Å². The SMILES string of the molecule is OC[C@]1(c2ccccc2)CCC[C@@H]1O. The smallest absolute Gasteiger partial charge is 0.0658 e. The van der Waals surface area contributed by atoms with Crippen LogP contribution in [0.2, 0.25) is 0 Å². The van der Waals surface area contributed by atoms with E-state index in [0.717, 1.165) is 24.8 Å². The first kappa shape index (κ1) is 9.69. The lowest BCUT2D eigenvalue weighted by atomic mass is 9.78. The van der Waals surface area contributed by atoms with Crippen molar-refractivity contribution < 1.29 is 10.2 Å². The number of rotatable bonds is 2. The molecule has 14 heavy (non-hydrogen) atoms. The van der Waals surface area contributed by atoms with Gasteiger partial charge in [-0.15, -0.1) is 0 Å². The minimum atomic E-state index is -0.402. The van der Waals surface area contributed by atoms with Gasteiger partial charge in [-0.1, -0.05) is 30.3 Å². The lowest BCUT2D eigenvalue weighted by molar-refractivity contribution is 0.0614. The van der Waals surface area contributed by atoms with Crippen LogP contribution in [0.5, 0.6) is 0 Å². The summed E-state index contributed by atoms with van der Waals surface area (Å²) in [5, 5.41) is 19.4. The fourth-order valence-electron chi connectivity index (χ4n) is 2.44. The van der Waals surface area contributed by atoms with Crippen molar-refractivity contribution in [3.05, 3.63) is 35.9 Å². The van der Waals surface area contributed by atoms with Crippen LogP contribution in [0.25, 0.3) is 0 Å². The monoisotopic (exact) mass is 192 g/mol. The van der Waals surface area contributed by atoms with Gasteiger partial charge in [0.15, 0.2) is 0 Å². The van der Waals surface area contributed by atoms with Crippen molar-refractivity contribution in [3.63, 3.8) is 0 Å². The zero-order valence-electron chi connectivity index (χ0n) is 8.19. The normalized spacial score (nSPS) is 32.0. The molecule has 1 aliphatic carbocycles. The van der Waals surface area contributed by atoms with Crippen LogP contribution in [-0.2, 0) is 5.41 Å². The summed E-state index contributed by atoms with van der Waals surface area (Å²) < 4.78 is 0. The van der Waals surface area contributed by atoms with E-state index in [9.17, 15) is 10.2 Å². The summed E-state index contributed by atoms with van der Waals surface area (Å²) in [5.41, 5.74) is 0.661. The zero-order valence-corrected chi connectivity index (χ0v) is 8.19. The standard InChI is InChI=1S/C12H16O2/c13-9-12(8-4-7-11(12)14)10-5-2-1-3-6-10/h1-3,5-6,11,13-14H,4,7-9H2/t11-,12-/m0/s1. The van der Waals surface area contributed by atoms with Gasteiger partial charge < -0.3 is 10.2 Å². The lowest BCUT2D eigenvalue weighted by Gasteiger charge is -2.31. The van der Waals surface area contributed by atoms with Crippen molar-refractivity contribution >= 4 is 0 Å². The molecule has 2 heteroatoms. The molecular weight excluding hydrogens is 176 g/mol. The summed E-state index contributed by atoms with van der Waals surface area (Å²) in [6.07, 6.45) is 2.29. The first-order valence-electron chi connectivity index (χ1n) is 5.14. The highest BCUT2D eigenvalue weighted by molar-refractivity contribution is 5.28. The van der Waals surface area contributed by atoms with Crippen molar-refractivity contribution in [2.24, 2.45) is 0 Å². The van der Waals surface area contributed by atoms with E-state index in [0.29, 0.717) is 0 Å². The zero-order chi connectivity index (χ0) is 10.0. The van der Waals surface area contributed by atoms with E-state index >= 15 is 0 Å². The van der Waals surface area contributed by atoms with Crippen molar-refractivity contribution in [2.75, 3.05) is 6.61 Å². The summed E-state index contributed by atoms with van der Waals surface area (Å²) in [5.74, 6) is 0. The van der Waals surface area contributed by atoms with Gasteiger partial charge in [0, 0.05) is 5.41 Å². The molecule has 1 aromatic carbocycles. The van der Waals surface area contributed by atoms with Crippen molar-refractivity contribution in [1.29, 1.82) is 0 Å². The van der Waals surface area contributed by atoms with Crippen LogP contribution in [0.1, 0.15) is 24.8 Å². The third-order valence-electron chi connectivity index (χ3n) is 3.37. The Kier molecular flexibility index (Phi) is 2.57. The molecule has 2 nitrogen and oxygen atoms in total. The van der Waals surface area contributed by atoms with Gasteiger partial charge in [0.2, 0.25) is 0 Å². The lowest BCUT2D eigenvalue weighted by Crippen LogP contribution is -2.38. The van der Waals surface area contributed by atoms with Crippen LogP contribution in [0.4, 0.5) is 0 Å². The van der Waals surface area contributed by atoms with Crippen LogP contribution in [0.15, 0.2) is 30.3 Å². The molecule has 2 rings (SSSR count). The van der Waals surface area contributed by atoms with E-state index in [4.69, 9.17) is 0 Å². The van der Waals surface area contributed by atoms with Crippen molar-refractivity contribution in [2.45, 2.75) is 30.8 Å². The van der Waals surface area contributed by atoms with Gasteiger partial charge in [-0.25, -0.2) is 0 Å². The average molecular weight is 192 g/mol. The van der Waals surface area contributed by atoms with E-state index in [2.05, 4.69) is 0 Å². The molecule has 1 aliphatic rings. The molecule has 2 atom stereocenters. The molecule has 0 bridgehead atoms. The van der Waals surface area contributed by atoms with E-state index in [1.807, 2.05) is 30.3 Å². The second kappa shape index (κ2) is 3.71. The fraction of sp³-hybridized carbons (Fsp3) is 0.500. The summed E-state index contributed by atoms with van der Waals surface area (Å²) in [7, 11) is 0. The summed E-state index contributed by atoms with van der Waals surface area (Å²) >= 11 is 0. The number of hydrogen-bond acceptors (Lipinski definition) is 2. The average Bonchev–Trinajstić information content (AvgIpc) is 2.62. The molecular formula is C12H16O2. The predicted molar refractivity (Wildman–Crippen MR) is 55.1 cm³/mol. The number of aliphatic hydroxyl groups excluding tert-OH is 2. The molecule has 0 radical (unpaired) electrons. The van der Waals surface area contributed by atoms with Gasteiger partial charge in [-0.3, -0.25) is 0 Å². The van der Waals surface area contributed by atoms with Crippen LogP contribution >= 0.6 is 0 Å². The Labute approximate surface area is 84.2 Å². The third kappa shape index (κ3) is 1.35. The maximum atomic E-state index is 9.93. The Bertz CT molecular complexity index is 296. The highest BCUT2D eigenvalue weighted by atomic mass is 16.3. The number of benzene rings is 1. The highest BCUT2D eigenvalue weighted by Gasteiger charge is 2.42. The molecule has 0 unspecified atom stereocenters. The second-order valence-electron chi connectivity index (χ2n) is 4.09.